The molecule has 2 nitrogen and oxygen atoms in total. The predicted octanol–water partition coefficient (Wildman–Crippen LogP) is 5.80. The summed E-state index contributed by atoms with van der Waals surface area (Å²) in [6.07, 6.45) is 14.1. The zero-order chi connectivity index (χ0) is 19.4. The molecule has 27 heavy (non-hydrogen) atoms. The van der Waals surface area contributed by atoms with Crippen LogP contribution in [-0.4, -0.2) is 12.6 Å². The van der Waals surface area contributed by atoms with Gasteiger partial charge in [-0.15, -0.1) is 6.42 Å². The molecule has 0 N–H and O–H groups in total. The third-order valence-corrected chi connectivity index (χ3v) is 6.40. The maximum absolute atomic E-state index is 12.7. The average molecular weight is 363 g/mol. The van der Waals surface area contributed by atoms with Gasteiger partial charge < -0.3 is 4.74 Å². The van der Waals surface area contributed by atoms with Crippen LogP contribution in [0.4, 0.5) is 0 Å². The molecule has 0 heterocycles. The van der Waals surface area contributed by atoms with Crippen LogP contribution in [0.2, 0.25) is 0 Å². The van der Waals surface area contributed by atoms with Gasteiger partial charge in [-0.05, 0) is 61.5 Å². The van der Waals surface area contributed by atoms with Gasteiger partial charge in [0.25, 0.3) is 0 Å². The van der Waals surface area contributed by atoms with Gasteiger partial charge in [-0.1, -0.05) is 61.7 Å². The van der Waals surface area contributed by atoms with Crippen LogP contribution in [0.15, 0.2) is 47.6 Å². The maximum Gasteiger partial charge on any atom is 0.310 e. The van der Waals surface area contributed by atoms with Crippen LogP contribution in [-0.2, 0) is 9.53 Å². The van der Waals surface area contributed by atoms with E-state index in [4.69, 9.17) is 11.2 Å². The lowest BCUT2D eigenvalue weighted by molar-refractivity contribution is -0.145. The van der Waals surface area contributed by atoms with Crippen molar-refractivity contribution in [3.8, 4) is 12.3 Å². The van der Waals surface area contributed by atoms with Gasteiger partial charge in [0.2, 0.25) is 0 Å². The minimum atomic E-state index is -0.108. The molecule has 2 aliphatic rings. The molecule has 2 atom stereocenters. The van der Waals surface area contributed by atoms with Crippen LogP contribution in [0.25, 0.3) is 5.57 Å². The van der Waals surface area contributed by atoms with Crippen molar-refractivity contribution in [1.29, 1.82) is 0 Å². The van der Waals surface area contributed by atoms with Crippen molar-refractivity contribution in [3.05, 3.63) is 53.1 Å². The summed E-state index contributed by atoms with van der Waals surface area (Å²) in [6, 6.07) is 9.98. The van der Waals surface area contributed by atoms with Gasteiger partial charge in [0, 0.05) is 5.57 Å². The van der Waals surface area contributed by atoms with E-state index in [-0.39, 0.29) is 23.9 Å². The summed E-state index contributed by atoms with van der Waals surface area (Å²) >= 11 is 0. The first kappa shape index (κ1) is 19.5. The quantitative estimate of drug-likeness (QED) is 0.363. The first-order valence-corrected chi connectivity index (χ1v) is 10.0. The van der Waals surface area contributed by atoms with E-state index in [0.29, 0.717) is 5.92 Å². The van der Waals surface area contributed by atoms with Gasteiger partial charge in [-0.25, -0.2) is 0 Å². The molecule has 1 aromatic carbocycles. The average Bonchev–Trinajstić information content (AvgIpc) is 3.01. The molecule has 1 aromatic rings. The fourth-order valence-electron chi connectivity index (χ4n) is 4.33. The minimum Gasteiger partial charge on any atom is -0.460 e. The Kier molecular flexibility index (Phi) is 5.90. The second-order valence-corrected chi connectivity index (χ2v) is 8.43. The summed E-state index contributed by atoms with van der Waals surface area (Å²) in [5, 5.41) is 0. The van der Waals surface area contributed by atoms with Crippen molar-refractivity contribution in [3.63, 3.8) is 0 Å². The molecule has 2 fully saturated rings. The molecule has 0 saturated heterocycles. The smallest absolute Gasteiger partial charge is 0.310 e. The molecule has 0 aliphatic heterocycles. The van der Waals surface area contributed by atoms with Crippen LogP contribution in [0.3, 0.4) is 0 Å². The Morgan fingerprint density at radius 3 is 2.56 bits per heavy atom. The SMILES string of the molecule is C#CC(COC(=O)C1C(CC=C2CCCC2)C1(C)C)=C(C)c1ccccc1. The Morgan fingerprint density at radius 1 is 1.26 bits per heavy atom. The number of benzene rings is 1. The van der Waals surface area contributed by atoms with Crippen molar-refractivity contribution in [2.75, 3.05) is 6.61 Å². The fraction of sp³-hybridized carbons (Fsp3) is 0.480. The van der Waals surface area contributed by atoms with E-state index in [1.54, 1.807) is 5.57 Å². The van der Waals surface area contributed by atoms with Crippen LogP contribution in [0.1, 0.15) is 58.4 Å². The van der Waals surface area contributed by atoms with Crippen molar-refractivity contribution in [2.45, 2.75) is 52.9 Å². The van der Waals surface area contributed by atoms with Crippen LogP contribution < -0.4 is 0 Å². The second-order valence-electron chi connectivity index (χ2n) is 8.43. The van der Waals surface area contributed by atoms with Gasteiger partial charge >= 0.3 is 5.97 Å². The van der Waals surface area contributed by atoms with Crippen molar-refractivity contribution >= 4 is 11.5 Å². The Balaban J connectivity index is 1.60. The molecule has 2 heteroatoms. The number of hydrogen-bond acceptors (Lipinski definition) is 2. The van der Waals surface area contributed by atoms with E-state index in [1.807, 2.05) is 37.3 Å². The molecule has 0 radical (unpaired) electrons. The second kappa shape index (κ2) is 8.17. The molecule has 0 amide bonds. The molecule has 3 rings (SSSR count). The number of esters is 1. The van der Waals surface area contributed by atoms with Crippen molar-refractivity contribution in [2.24, 2.45) is 17.3 Å². The monoisotopic (exact) mass is 362 g/mol. The molecule has 0 spiro atoms. The zero-order valence-electron chi connectivity index (χ0n) is 16.8. The van der Waals surface area contributed by atoms with Crippen molar-refractivity contribution in [1.82, 2.24) is 0 Å². The fourth-order valence-corrected chi connectivity index (χ4v) is 4.33. The predicted molar refractivity (Wildman–Crippen MR) is 111 cm³/mol. The molecule has 142 valence electrons. The van der Waals surface area contributed by atoms with Gasteiger partial charge in [-0.3, -0.25) is 4.79 Å². The van der Waals surface area contributed by atoms with Gasteiger partial charge in [0.15, 0.2) is 0 Å². The first-order valence-electron chi connectivity index (χ1n) is 10.0. The highest BCUT2D eigenvalue weighted by molar-refractivity contribution is 5.78. The number of rotatable bonds is 6. The zero-order valence-corrected chi connectivity index (χ0v) is 16.8. The minimum absolute atomic E-state index is 0.0151. The van der Waals surface area contributed by atoms with E-state index in [9.17, 15) is 4.79 Å². The summed E-state index contributed by atoms with van der Waals surface area (Å²) in [7, 11) is 0. The highest BCUT2D eigenvalue weighted by atomic mass is 16.5. The van der Waals surface area contributed by atoms with E-state index in [2.05, 4.69) is 25.8 Å². The lowest BCUT2D eigenvalue weighted by atomic mass is 10.0. The maximum atomic E-state index is 12.7. The number of allylic oxidation sites excluding steroid dienone is 3. The lowest BCUT2D eigenvalue weighted by Gasteiger charge is -2.09. The van der Waals surface area contributed by atoms with E-state index < -0.39 is 0 Å². The molecule has 2 saturated carbocycles. The summed E-state index contributed by atoms with van der Waals surface area (Å²) in [5.41, 5.74) is 4.37. The number of carbonyl (C=O) groups is 1. The van der Waals surface area contributed by atoms with Crippen LogP contribution >= 0.6 is 0 Å². The van der Waals surface area contributed by atoms with E-state index in [0.717, 1.165) is 23.1 Å². The number of terminal acetylenes is 1. The summed E-state index contributed by atoms with van der Waals surface area (Å²) in [4.78, 5) is 12.7. The summed E-state index contributed by atoms with van der Waals surface area (Å²) < 4.78 is 5.64. The van der Waals surface area contributed by atoms with E-state index in [1.165, 1.54) is 25.7 Å². The van der Waals surface area contributed by atoms with Crippen LogP contribution in [0.5, 0.6) is 0 Å². The lowest BCUT2D eigenvalue weighted by Crippen LogP contribution is -2.13. The third kappa shape index (κ3) is 4.35. The van der Waals surface area contributed by atoms with E-state index >= 15 is 0 Å². The van der Waals surface area contributed by atoms with Gasteiger partial charge in [0.05, 0.1) is 5.92 Å². The largest absolute Gasteiger partial charge is 0.460 e. The normalized spacial score (nSPS) is 24.0. The standard InChI is InChI=1S/C25H30O2/c1-5-20(18(2)21-13-7-6-8-14-21)17-27-24(26)23-22(25(23,3)4)16-15-19-11-9-10-12-19/h1,6-8,13-15,22-23H,9-12,16-17H2,2-4H3. The Bertz CT molecular complexity index is 781. The Labute approximate surface area is 163 Å². The Morgan fingerprint density at radius 2 is 1.93 bits per heavy atom. The molecule has 2 unspecified atom stereocenters. The third-order valence-electron chi connectivity index (χ3n) is 6.40. The molecular formula is C25H30O2. The number of carbonyl (C=O) groups excluding carboxylic acids is 1. The number of hydrogen-bond donors (Lipinski definition) is 0. The van der Waals surface area contributed by atoms with Gasteiger partial charge in [-0.2, -0.15) is 0 Å². The molecule has 0 bridgehead atoms. The molecular weight excluding hydrogens is 332 g/mol. The first-order chi connectivity index (χ1) is 12.9. The highest BCUT2D eigenvalue weighted by Gasteiger charge is 2.61. The van der Waals surface area contributed by atoms with Crippen molar-refractivity contribution < 1.29 is 9.53 Å². The molecule has 2 aliphatic carbocycles. The Hall–Kier alpha value is -2.27. The highest BCUT2D eigenvalue weighted by Crippen LogP contribution is 2.60. The van der Waals surface area contributed by atoms with Crippen LogP contribution in [0, 0.1) is 29.6 Å². The summed E-state index contributed by atoms with van der Waals surface area (Å²) in [5.74, 6) is 2.95. The summed E-state index contributed by atoms with van der Waals surface area (Å²) in [6.45, 7) is 6.50. The molecule has 0 aromatic heterocycles. The number of ether oxygens (including phenoxy) is 1. The topological polar surface area (TPSA) is 26.3 Å². The van der Waals surface area contributed by atoms with Gasteiger partial charge in [0.1, 0.15) is 6.61 Å².